The zero-order chi connectivity index (χ0) is 21.9. The van der Waals surface area contributed by atoms with Crippen molar-refractivity contribution in [2.75, 3.05) is 0 Å². The number of benzene rings is 1. The molecule has 0 spiro atoms. The van der Waals surface area contributed by atoms with Gasteiger partial charge in [0.15, 0.2) is 0 Å². The summed E-state index contributed by atoms with van der Waals surface area (Å²) in [5, 5.41) is 0. The van der Waals surface area contributed by atoms with Crippen molar-refractivity contribution < 1.29 is 9.53 Å². The maximum Gasteiger partial charge on any atom is 0.311 e. The minimum absolute atomic E-state index is 0.121. The maximum absolute atomic E-state index is 11.8. The van der Waals surface area contributed by atoms with Gasteiger partial charge in [0, 0.05) is 6.42 Å². The summed E-state index contributed by atoms with van der Waals surface area (Å²) in [6, 6.07) is 8.38. The highest BCUT2D eigenvalue weighted by Gasteiger charge is 2.26. The number of carbonyl (C=O) groups is 1. The van der Waals surface area contributed by atoms with Crippen molar-refractivity contribution in [1.29, 1.82) is 0 Å². The average molecular weight is 427 g/mol. The molecule has 0 radical (unpaired) electrons. The minimum Gasteiger partial charge on any atom is -0.427 e. The second-order valence-corrected chi connectivity index (χ2v) is 10.5. The van der Waals surface area contributed by atoms with Crippen LogP contribution in [0.15, 0.2) is 24.3 Å². The van der Waals surface area contributed by atoms with Crippen molar-refractivity contribution in [2.24, 2.45) is 23.7 Å². The third-order valence-corrected chi connectivity index (χ3v) is 8.03. The monoisotopic (exact) mass is 426 g/mol. The van der Waals surface area contributed by atoms with Gasteiger partial charge in [0.25, 0.3) is 0 Å². The summed E-state index contributed by atoms with van der Waals surface area (Å²) in [5.41, 5.74) is 1.41. The van der Waals surface area contributed by atoms with Gasteiger partial charge in [0.05, 0.1) is 0 Å². The first kappa shape index (κ1) is 24.3. The van der Waals surface area contributed by atoms with Crippen LogP contribution in [0.5, 0.6) is 5.75 Å². The van der Waals surface area contributed by atoms with Crippen LogP contribution in [0.2, 0.25) is 0 Å². The summed E-state index contributed by atoms with van der Waals surface area (Å²) < 4.78 is 5.44. The van der Waals surface area contributed by atoms with Crippen LogP contribution in [0.25, 0.3) is 0 Å². The smallest absolute Gasteiger partial charge is 0.311 e. The number of hydrogen-bond acceptors (Lipinski definition) is 2. The third-order valence-electron chi connectivity index (χ3n) is 8.03. The Bertz CT molecular complexity index is 621. The summed E-state index contributed by atoms with van der Waals surface area (Å²) in [4.78, 5) is 11.8. The lowest BCUT2D eigenvalue weighted by Gasteiger charge is -2.33. The second kappa shape index (κ2) is 13.3. The van der Waals surface area contributed by atoms with E-state index in [1.54, 1.807) is 0 Å². The Labute approximate surface area is 191 Å². The molecule has 31 heavy (non-hydrogen) atoms. The number of carbonyl (C=O) groups excluding carboxylic acids is 1. The molecule has 0 aromatic heterocycles. The SMILES string of the molecule is CCCC(=O)Oc1ccc(CC(CCC2CCC(CCC)CC2)C2CCCCC2)cc1. The highest BCUT2D eigenvalue weighted by molar-refractivity contribution is 5.72. The molecule has 0 aliphatic heterocycles. The van der Waals surface area contributed by atoms with Gasteiger partial charge in [-0.05, 0) is 60.6 Å². The lowest BCUT2D eigenvalue weighted by molar-refractivity contribution is -0.134. The predicted octanol–water partition coefficient (Wildman–Crippen LogP) is 8.52. The highest BCUT2D eigenvalue weighted by atomic mass is 16.5. The zero-order valence-electron chi connectivity index (χ0n) is 20.2. The summed E-state index contributed by atoms with van der Waals surface area (Å²) in [6.45, 7) is 4.34. The van der Waals surface area contributed by atoms with Gasteiger partial charge in [-0.3, -0.25) is 4.79 Å². The van der Waals surface area contributed by atoms with E-state index in [-0.39, 0.29) is 5.97 Å². The molecule has 2 aliphatic carbocycles. The molecule has 1 unspecified atom stereocenters. The summed E-state index contributed by atoms with van der Waals surface area (Å²) in [5.74, 6) is 4.29. The predicted molar refractivity (Wildman–Crippen MR) is 130 cm³/mol. The summed E-state index contributed by atoms with van der Waals surface area (Å²) in [6.07, 6.45) is 21.2. The van der Waals surface area contributed by atoms with Gasteiger partial charge in [-0.25, -0.2) is 0 Å². The van der Waals surface area contributed by atoms with E-state index >= 15 is 0 Å². The van der Waals surface area contributed by atoms with Crippen molar-refractivity contribution >= 4 is 5.97 Å². The molecule has 0 saturated heterocycles. The van der Waals surface area contributed by atoms with Gasteiger partial charge in [-0.1, -0.05) is 103 Å². The van der Waals surface area contributed by atoms with E-state index in [1.807, 2.05) is 19.1 Å². The van der Waals surface area contributed by atoms with Crippen LogP contribution in [0.4, 0.5) is 0 Å². The van der Waals surface area contributed by atoms with Crippen LogP contribution in [0.3, 0.4) is 0 Å². The maximum atomic E-state index is 11.8. The van der Waals surface area contributed by atoms with Crippen molar-refractivity contribution in [3.05, 3.63) is 29.8 Å². The van der Waals surface area contributed by atoms with Crippen LogP contribution < -0.4 is 4.74 Å². The Balaban J connectivity index is 1.53. The lowest BCUT2D eigenvalue weighted by Crippen LogP contribution is -2.22. The molecule has 0 bridgehead atoms. The largest absolute Gasteiger partial charge is 0.427 e. The van der Waals surface area contributed by atoms with E-state index in [0.29, 0.717) is 12.2 Å². The fourth-order valence-corrected chi connectivity index (χ4v) is 6.16. The molecule has 2 nitrogen and oxygen atoms in total. The van der Waals surface area contributed by atoms with Crippen LogP contribution in [-0.2, 0) is 11.2 Å². The average Bonchev–Trinajstić information content (AvgIpc) is 2.80. The van der Waals surface area contributed by atoms with E-state index in [2.05, 4.69) is 19.1 Å². The van der Waals surface area contributed by atoms with Crippen molar-refractivity contribution in [3.63, 3.8) is 0 Å². The first-order valence-corrected chi connectivity index (χ1v) is 13.5. The molecule has 1 aromatic carbocycles. The van der Waals surface area contributed by atoms with Gasteiger partial charge in [0.1, 0.15) is 5.75 Å². The second-order valence-electron chi connectivity index (χ2n) is 10.5. The zero-order valence-corrected chi connectivity index (χ0v) is 20.2. The normalized spacial score (nSPS) is 23.4. The van der Waals surface area contributed by atoms with Crippen LogP contribution in [0, 0.1) is 23.7 Å². The topological polar surface area (TPSA) is 26.3 Å². The van der Waals surface area contributed by atoms with E-state index in [0.717, 1.165) is 30.1 Å². The Morgan fingerprint density at radius 2 is 1.52 bits per heavy atom. The van der Waals surface area contributed by atoms with Crippen molar-refractivity contribution in [1.82, 2.24) is 0 Å². The lowest BCUT2D eigenvalue weighted by atomic mass is 9.72. The van der Waals surface area contributed by atoms with E-state index in [4.69, 9.17) is 4.74 Å². The number of rotatable bonds is 11. The summed E-state index contributed by atoms with van der Waals surface area (Å²) >= 11 is 0. The minimum atomic E-state index is -0.121. The van der Waals surface area contributed by atoms with Crippen LogP contribution in [-0.4, -0.2) is 5.97 Å². The van der Waals surface area contributed by atoms with Gasteiger partial charge < -0.3 is 4.74 Å². The Morgan fingerprint density at radius 1 is 0.871 bits per heavy atom. The van der Waals surface area contributed by atoms with E-state index < -0.39 is 0 Å². The molecule has 2 fully saturated rings. The van der Waals surface area contributed by atoms with E-state index in [1.165, 1.54) is 95.5 Å². The molecule has 0 N–H and O–H groups in total. The first-order chi connectivity index (χ1) is 15.2. The first-order valence-electron chi connectivity index (χ1n) is 13.5. The molecule has 2 saturated carbocycles. The molecule has 1 aromatic rings. The molecule has 2 aliphatic rings. The highest BCUT2D eigenvalue weighted by Crippen LogP contribution is 2.39. The molecular formula is C29H46O2. The van der Waals surface area contributed by atoms with Crippen molar-refractivity contribution in [3.8, 4) is 5.75 Å². The van der Waals surface area contributed by atoms with E-state index in [9.17, 15) is 4.79 Å². The Hall–Kier alpha value is -1.31. The standard InChI is InChI=1S/C29H46O2/c1-3-8-23-12-14-24(15-13-23)16-19-27(26-10-6-5-7-11-26)22-25-17-20-28(21-18-25)31-29(30)9-4-2/h17-18,20-21,23-24,26-27H,3-16,19,22H2,1-2H3. The number of hydrogen-bond donors (Lipinski definition) is 0. The molecule has 2 heteroatoms. The Morgan fingerprint density at radius 3 is 2.13 bits per heavy atom. The molecule has 3 rings (SSSR count). The van der Waals surface area contributed by atoms with Crippen LogP contribution >= 0.6 is 0 Å². The molecule has 174 valence electrons. The summed E-state index contributed by atoms with van der Waals surface area (Å²) in [7, 11) is 0. The molecule has 1 atom stereocenters. The Kier molecular flexibility index (Phi) is 10.4. The molecule has 0 amide bonds. The van der Waals surface area contributed by atoms with Gasteiger partial charge >= 0.3 is 5.97 Å². The van der Waals surface area contributed by atoms with Crippen LogP contribution in [0.1, 0.15) is 116 Å². The van der Waals surface area contributed by atoms with Crippen molar-refractivity contribution in [2.45, 2.75) is 117 Å². The third kappa shape index (κ3) is 8.28. The molecule has 0 heterocycles. The fourth-order valence-electron chi connectivity index (χ4n) is 6.16. The van der Waals surface area contributed by atoms with Gasteiger partial charge in [0.2, 0.25) is 0 Å². The molecular weight excluding hydrogens is 380 g/mol. The van der Waals surface area contributed by atoms with Gasteiger partial charge in [-0.2, -0.15) is 0 Å². The number of ether oxygens (including phenoxy) is 1. The fraction of sp³-hybridized carbons (Fsp3) is 0.759. The quantitative estimate of drug-likeness (QED) is 0.262. The van der Waals surface area contributed by atoms with Gasteiger partial charge in [-0.15, -0.1) is 0 Å². The number of esters is 1.